The maximum Gasteiger partial charge on any atom is 0.221 e. The van der Waals surface area contributed by atoms with Crippen molar-refractivity contribution in [2.24, 2.45) is 0 Å². The van der Waals surface area contributed by atoms with Gasteiger partial charge in [0.15, 0.2) is 6.23 Å². The number of hydroxylamine groups is 1. The number of aliphatic hydroxyl groups is 3. The van der Waals surface area contributed by atoms with E-state index in [-0.39, 0.29) is 6.42 Å². The lowest BCUT2D eigenvalue weighted by atomic mass is 9.96. The maximum absolute atomic E-state index is 11.4. The molecule has 1 fully saturated rings. The van der Waals surface area contributed by atoms with E-state index in [1.165, 1.54) is 0 Å². The molecule has 5 atom stereocenters. The number of carbonyl (C=O) groups is 1. The molecule has 0 bridgehead atoms. The van der Waals surface area contributed by atoms with E-state index in [0.29, 0.717) is 5.75 Å². The average Bonchev–Trinajstić information content (AvgIpc) is 2.36. The number of aliphatic hydroxyl groups excluding tert-OH is 3. The number of nitrogens with one attached hydrogen (secondary N) is 2. The fourth-order valence-electron chi connectivity index (χ4n) is 1.75. The molecule has 0 radical (unpaired) electrons. The second-order valence-electron chi connectivity index (χ2n) is 3.95. The summed E-state index contributed by atoms with van der Waals surface area (Å²) < 4.78 is 5.10. The zero-order chi connectivity index (χ0) is 13.7. The van der Waals surface area contributed by atoms with Crippen LogP contribution in [-0.2, 0) is 9.53 Å². The minimum Gasteiger partial charge on any atom is -0.394 e. The molecule has 0 aliphatic carbocycles. The highest BCUT2D eigenvalue weighted by atomic mass is 32.1. The highest BCUT2D eigenvalue weighted by Crippen LogP contribution is 2.19. The SMILES string of the molecule is O=C(CCS)N[C@H]1C(O)[C@H](O)C(CO)O[C@H]1NO. The molecule has 0 saturated carbocycles. The molecular formula is C9H18N2O6S. The number of carbonyl (C=O) groups excluding carboxylic acids is 1. The molecular weight excluding hydrogens is 264 g/mol. The lowest BCUT2D eigenvalue weighted by Gasteiger charge is -2.41. The van der Waals surface area contributed by atoms with E-state index in [2.05, 4.69) is 17.9 Å². The standard InChI is InChI=1S/C9H18N2O6S/c12-3-4-7(14)8(15)6(9(11-16)17-4)10-5(13)1-2-18/h4,6-9,11-12,14-16,18H,1-3H2,(H,10,13)/t4?,6-,7+,8?,9+/m0/s1. The van der Waals surface area contributed by atoms with Crippen LogP contribution in [0.4, 0.5) is 0 Å². The van der Waals surface area contributed by atoms with Crippen LogP contribution in [0.5, 0.6) is 0 Å². The Kier molecular flexibility index (Phi) is 6.29. The molecule has 0 aromatic rings. The zero-order valence-corrected chi connectivity index (χ0v) is 10.5. The average molecular weight is 282 g/mol. The Labute approximate surface area is 109 Å². The van der Waals surface area contributed by atoms with Gasteiger partial charge in [-0.15, -0.1) is 0 Å². The molecule has 1 heterocycles. The number of ether oxygens (including phenoxy) is 1. The number of thiol groups is 1. The molecule has 0 spiro atoms. The van der Waals surface area contributed by atoms with E-state index in [1.807, 2.05) is 0 Å². The second-order valence-corrected chi connectivity index (χ2v) is 4.40. The lowest BCUT2D eigenvalue weighted by molar-refractivity contribution is -0.222. The van der Waals surface area contributed by atoms with Gasteiger partial charge in [-0.25, -0.2) is 0 Å². The Morgan fingerprint density at radius 1 is 1.33 bits per heavy atom. The summed E-state index contributed by atoms with van der Waals surface area (Å²) in [6, 6.07) is -1.03. The molecule has 8 nitrogen and oxygen atoms in total. The maximum atomic E-state index is 11.4. The molecule has 1 saturated heterocycles. The van der Waals surface area contributed by atoms with Gasteiger partial charge in [0.05, 0.1) is 12.6 Å². The Hall–Kier alpha value is -0.420. The summed E-state index contributed by atoms with van der Waals surface area (Å²) >= 11 is 3.89. The topological polar surface area (TPSA) is 131 Å². The molecule has 6 N–H and O–H groups in total. The summed E-state index contributed by atoms with van der Waals surface area (Å²) in [5, 5.41) is 39.8. The molecule has 1 aliphatic rings. The van der Waals surface area contributed by atoms with Gasteiger partial charge in [-0.3, -0.25) is 4.79 Å². The smallest absolute Gasteiger partial charge is 0.221 e. The van der Waals surface area contributed by atoms with Crippen LogP contribution in [0.1, 0.15) is 6.42 Å². The van der Waals surface area contributed by atoms with Gasteiger partial charge in [-0.1, -0.05) is 0 Å². The van der Waals surface area contributed by atoms with Crippen LogP contribution in [0.2, 0.25) is 0 Å². The van der Waals surface area contributed by atoms with E-state index >= 15 is 0 Å². The molecule has 18 heavy (non-hydrogen) atoms. The van der Waals surface area contributed by atoms with Gasteiger partial charge in [0.2, 0.25) is 5.91 Å². The molecule has 1 amide bonds. The van der Waals surface area contributed by atoms with E-state index in [0.717, 1.165) is 0 Å². The third-order valence-electron chi connectivity index (χ3n) is 2.72. The van der Waals surface area contributed by atoms with E-state index in [9.17, 15) is 15.0 Å². The first-order chi connectivity index (χ1) is 8.54. The van der Waals surface area contributed by atoms with Crippen molar-refractivity contribution in [1.29, 1.82) is 0 Å². The molecule has 9 heteroatoms. The van der Waals surface area contributed by atoms with E-state index < -0.39 is 43.1 Å². The van der Waals surface area contributed by atoms with Crippen LogP contribution >= 0.6 is 12.6 Å². The summed E-state index contributed by atoms with van der Waals surface area (Å²) in [4.78, 5) is 11.4. The normalized spacial score (nSPS) is 36.4. The van der Waals surface area contributed by atoms with Crippen molar-refractivity contribution in [3.05, 3.63) is 0 Å². The Bertz CT molecular complexity index is 280. The molecule has 106 valence electrons. The molecule has 1 rings (SSSR count). The van der Waals surface area contributed by atoms with Gasteiger partial charge in [-0.05, 0) is 5.75 Å². The van der Waals surface area contributed by atoms with Crippen molar-refractivity contribution < 1.29 is 30.1 Å². The number of rotatable bonds is 5. The van der Waals surface area contributed by atoms with Gasteiger partial charge in [0.1, 0.15) is 18.3 Å². The predicted octanol–water partition coefficient (Wildman–Crippen LogP) is -2.79. The van der Waals surface area contributed by atoms with Crippen LogP contribution in [0, 0.1) is 0 Å². The van der Waals surface area contributed by atoms with Crippen LogP contribution in [0.25, 0.3) is 0 Å². The summed E-state index contributed by atoms with van der Waals surface area (Å²) in [6.45, 7) is -0.520. The quantitative estimate of drug-likeness (QED) is 0.214. The third kappa shape index (κ3) is 3.54. The van der Waals surface area contributed by atoms with Crippen LogP contribution in [0.15, 0.2) is 0 Å². The van der Waals surface area contributed by atoms with E-state index in [1.54, 1.807) is 5.48 Å². The minimum absolute atomic E-state index is 0.129. The summed E-state index contributed by atoms with van der Waals surface area (Å²) in [7, 11) is 0. The molecule has 0 aromatic heterocycles. The van der Waals surface area contributed by atoms with Crippen LogP contribution < -0.4 is 10.8 Å². The van der Waals surface area contributed by atoms with Gasteiger partial charge < -0.3 is 30.6 Å². The largest absolute Gasteiger partial charge is 0.394 e. The van der Waals surface area contributed by atoms with Crippen LogP contribution in [-0.4, -0.2) is 69.4 Å². The first kappa shape index (κ1) is 15.6. The van der Waals surface area contributed by atoms with E-state index in [4.69, 9.17) is 15.1 Å². The third-order valence-corrected chi connectivity index (χ3v) is 2.94. The summed E-state index contributed by atoms with van der Waals surface area (Å²) in [5.74, 6) is -0.0679. The fraction of sp³-hybridized carbons (Fsp3) is 0.889. The van der Waals surface area contributed by atoms with Crippen molar-refractivity contribution in [2.45, 2.75) is 37.0 Å². The minimum atomic E-state index is -1.37. The summed E-state index contributed by atoms with van der Waals surface area (Å²) in [5.41, 5.74) is 1.78. The monoisotopic (exact) mass is 282 g/mol. The highest BCUT2D eigenvalue weighted by molar-refractivity contribution is 7.80. The van der Waals surface area contributed by atoms with Gasteiger partial charge in [0.25, 0.3) is 0 Å². The molecule has 2 unspecified atom stereocenters. The summed E-state index contributed by atoms with van der Waals surface area (Å²) in [6.07, 6.45) is -4.76. The van der Waals surface area contributed by atoms with Crippen molar-refractivity contribution >= 4 is 18.5 Å². The zero-order valence-electron chi connectivity index (χ0n) is 9.56. The number of amides is 1. The van der Waals surface area contributed by atoms with Crippen molar-refractivity contribution in [3.8, 4) is 0 Å². The predicted molar refractivity (Wildman–Crippen MR) is 63.1 cm³/mol. The van der Waals surface area contributed by atoms with Crippen molar-refractivity contribution in [2.75, 3.05) is 12.4 Å². The fourth-order valence-corrected chi connectivity index (χ4v) is 1.95. The van der Waals surface area contributed by atoms with Crippen LogP contribution in [0.3, 0.4) is 0 Å². The van der Waals surface area contributed by atoms with Gasteiger partial charge >= 0.3 is 0 Å². The molecule has 1 aliphatic heterocycles. The lowest BCUT2D eigenvalue weighted by Crippen LogP contribution is -2.67. The van der Waals surface area contributed by atoms with Gasteiger partial charge in [-0.2, -0.15) is 18.1 Å². The first-order valence-corrected chi connectivity index (χ1v) is 6.10. The van der Waals surface area contributed by atoms with Crippen molar-refractivity contribution in [1.82, 2.24) is 10.8 Å². The van der Waals surface area contributed by atoms with Crippen molar-refractivity contribution in [3.63, 3.8) is 0 Å². The highest BCUT2D eigenvalue weighted by Gasteiger charge is 2.44. The Morgan fingerprint density at radius 3 is 2.50 bits per heavy atom. The number of hydrogen-bond acceptors (Lipinski definition) is 8. The molecule has 0 aromatic carbocycles. The first-order valence-electron chi connectivity index (χ1n) is 5.47. The second kappa shape index (κ2) is 7.24. The van der Waals surface area contributed by atoms with Gasteiger partial charge in [0, 0.05) is 6.42 Å². The number of hydrogen-bond donors (Lipinski definition) is 7. The Balaban J connectivity index is 2.71. The Morgan fingerprint density at radius 2 is 2.00 bits per heavy atom.